The first-order chi connectivity index (χ1) is 13.5. The Bertz CT molecular complexity index is 924. The molecule has 7 nitrogen and oxygen atoms in total. The molecule has 1 heterocycles. The number of rotatable bonds is 5. The fraction of sp³-hybridized carbons (Fsp3) is 0.286. The van der Waals surface area contributed by atoms with Gasteiger partial charge in [0.2, 0.25) is 11.8 Å². The van der Waals surface area contributed by atoms with Crippen LogP contribution >= 0.6 is 0 Å². The molecule has 0 radical (unpaired) electrons. The Morgan fingerprint density at radius 1 is 1.14 bits per heavy atom. The van der Waals surface area contributed by atoms with Gasteiger partial charge in [-0.1, -0.05) is 18.2 Å². The van der Waals surface area contributed by atoms with Crippen LogP contribution in [-0.4, -0.2) is 34.3 Å². The first kappa shape index (κ1) is 19.4. The number of nitrogens with zero attached hydrogens (tertiary/aromatic N) is 2. The lowest BCUT2D eigenvalue weighted by Crippen LogP contribution is -2.36. The fourth-order valence-electron chi connectivity index (χ4n) is 3.24. The van der Waals surface area contributed by atoms with Crippen LogP contribution in [0.3, 0.4) is 0 Å². The van der Waals surface area contributed by atoms with E-state index >= 15 is 0 Å². The van der Waals surface area contributed by atoms with Gasteiger partial charge in [-0.25, -0.2) is 5.43 Å². The number of amides is 2. The Labute approximate surface area is 163 Å². The third-order valence-corrected chi connectivity index (χ3v) is 4.70. The standard InChI is InChI=1S/C21H23N3O4/c1-14(17-9-8-16(25)13-19(17)26)22-23-20(27)10-11-21(28)24-12-4-6-15-5-2-3-7-18(15)24/h2-3,5,7-9,13,25-26H,4,6,10-12H2,1H3,(H,23,27)/b22-14+. The van der Waals surface area contributed by atoms with Gasteiger partial charge in [-0.2, -0.15) is 5.10 Å². The molecule has 1 aliphatic heterocycles. The summed E-state index contributed by atoms with van der Waals surface area (Å²) in [5.74, 6) is -0.652. The first-order valence-electron chi connectivity index (χ1n) is 9.19. The maximum atomic E-state index is 12.6. The van der Waals surface area contributed by atoms with Crippen molar-refractivity contribution < 1.29 is 19.8 Å². The van der Waals surface area contributed by atoms with Crippen LogP contribution in [0.15, 0.2) is 47.6 Å². The van der Waals surface area contributed by atoms with Gasteiger partial charge < -0.3 is 15.1 Å². The van der Waals surface area contributed by atoms with Gasteiger partial charge in [0.15, 0.2) is 0 Å². The van der Waals surface area contributed by atoms with Crippen LogP contribution in [0.4, 0.5) is 5.69 Å². The van der Waals surface area contributed by atoms with Crippen molar-refractivity contribution in [2.45, 2.75) is 32.6 Å². The minimum Gasteiger partial charge on any atom is -0.508 e. The predicted octanol–water partition coefficient (Wildman–Crippen LogP) is 2.70. The van der Waals surface area contributed by atoms with Crippen LogP contribution in [0, 0.1) is 0 Å². The highest BCUT2D eigenvalue weighted by atomic mass is 16.3. The highest BCUT2D eigenvalue weighted by molar-refractivity contribution is 6.02. The molecule has 2 aromatic rings. The number of fused-ring (bicyclic) bond motifs is 1. The molecular weight excluding hydrogens is 358 g/mol. The van der Waals surface area contributed by atoms with E-state index < -0.39 is 0 Å². The van der Waals surface area contributed by atoms with E-state index in [1.807, 2.05) is 24.3 Å². The number of aryl methyl sites for hydroxylation is 1. The molecule has 0 aromatic heterocycles. The molecule has 2 aromatic carbocycles. The number of carbonyl (C=O) groups excluding carboxylic acids is 2. The molecule has 0 spiro atoms. The van der Waals surface area contributed by atoms with E-state index in [0.717, 1.165) is 24.1 Å². The molecule has 7 heteroatoms. The average molecular weight is 381 g/mol. The summed E-state index contributed by atoms with van der Waals surface area (Å²) in [4.78, 5) is 26.4. The molecule has 0 unspecified atom stereocenters. The van der Waals surface area contributed by atoms with Gasteiger partial charge in [-0.05, 0) is 43.5 Å². The van der Waals surface area contributed by atoms with Crippen molar-refractivity contribution in [1.29, 1.82) is 0 Å². The summed E-state index contributed by atoms with van der Waals surface area (Å²) < 4.78 is 0. The number of nitrogens with one attached hydrogen (secondary N) is 1. The van der Waals surface area contributed by atoms with Gasteiger partial charge in [-0.15, -0.1) is 0 Å². The second-order valence-corrected chi connectivity index (χ2v) is 6.71. The van der Waals surface area contributed by atoms with E-state index in [1.165, 1.54) is 18.2 Å². The minimum absolute atomic E-state index is 0.0237. The molecule has 0 saturated heterocycles. The third kappa shape index (κ3) is 4.49. The third-order valence-electron chi connectivity index (χ3n) is 4.70. The zero-order chi connectivity index (χ0) is 20.1. The molecule has 2 amide bonds. The molecule has 1 aliphatic rings. The van der Waals surface area contributed by atoms with Gasteiger partial charge in [0.1, 0.15) is 11.5 Å². The maximum absolute atomic E-state index is 12.6. The van der Waals surface area contributed by atoms with Gasteiger partial charge in [0, 0.05) is 36.7 Å². The van der Waals surface area contributed by atoms with E-state index in [0.29, 0.717) is 17.8 Å². The average Bonchev–Trinajstić information content (AvgIpc) is 2.69. The zero-order valence-corrected chi connectivity index (χ0v) is 15.7. The summed E-state index contributed by atoms with van der Waals surface area (Å²) in [5.41, 5.74) is 5.28. The minimum atomic E-state index is -0.378. The number of hydrazone groups is 1. The van der Waals surface area contributed by atoms with Crippen LogP contribution in [-0.2, 0) is 16.0 Å². The van der Waals surface area contributed by atoms with Gasteiger partial charge in [-0.3, -0.25) is 9.59 Å². The van der Waals surface area contributed by atoms with E-state index in [9.17, 15) is 19.8 Å². The first-order valence-corrected chi connectivity index (χ1v) is 9.19. The Hall–Kier alpha value is -3.35. The second kappa shape index (κ2) is 8.56. The molecule has 3 N–H and O–H groups in total. The van der Waals surface area contributed by atoms with Crippen molar-refractivity contribution >= 4 is 23.2 Å². The van der Waals surface area contributed by atoms with Crippen LogP contribution in [0.2, 0.25) is 0 Å². The highest BCUT2D eigenvalue weighted by Crippen LogP contribution is 2.27. The monoisotopic (exact) mass is 381 g/mol. The number of hydrogen-bond donors (Lipinski definition) is 3. The molecule has 3 rings (SSSR count). The predicted molar refractivity (Wildman–Crippen MR) is 106 cm³/mol. The van der Waals surface area contributed by atoms with Crippen molar-refractivity contribution in [2.24, 2.45) is 5.10 Å². The Morgan fingerprint density at radius 3 is 2.71 bits per heavy atom. The molecule has 146 valence electrons. The van der Waals surface area contributed by atoms with Gasteiger partial charge in [0.05, 0.1) is 5.71 Å². The zero-order valence-electron chi connectivity index (χ0n) is 15.7. The number of para-hydroxylation sites is 1. The number of anilines is 1. The van der Waals surface area contributed by atoms with Crippen molar-refractivity contribution in [3.8, 4) is 11.5 Å². The lowest BCUT2D eigenvalue weighted by Gasteiger charge is -2.29. The molecule has 0 aliphatic carbocycles. The number of phenols is 2. The summed E-state index contributed by atoms with van der Waals surface area (Å²) in [6.07, 6.45) is 1.99. The maximum Gasteiger partial charge on any atom is 0.240 e. The van der Waals surface area contributed by atoms with Crippen LogP contribution in [0.25, 0.3) is 0 Å². The lowest BCUT2D eigenvalue weighted by molar-refractivity contribution is -0.125. The topological polar surface area (TPSA) is 102 Å². The molecule has 0 atom stereocenters. The van der Waals surface area contributed by atoms with Crippen LogP contribution < -0.4 is 10.3 Å². The quantitative estimate of drug-likeness (QED) is 0.547. The van der Waals surface area contributed by atoms with E-state index in [2.05, 4.69) is 10.5 Å². The van der Waals surface area contributed by atoms with E-state index in [1.54, 1.807) is 11.8 Å². The summed E-state index contributed by atoms with van der Waals surface area (Å²) in [6.45, 7) is 2.29. The molecule has 0 fully saturated rings. The normalized spacial score (nSPS) is 13.8. The number of carbonyl (C=O) groups is 2. The van der Waals surface area contributed by atoms with Crippen molar-refractivity contribution in [2.75, 3.05) is 11.4 Å². The molecule has 0 saturated carbocycles. The van der Waals surface area contributed by atoms with Gasteiger partial charge in [0.25, 0.3) is 0 Å². The Morgan fingerprint density at radius 2 is 1.93 bits per heavy atom. The smallest absolute Gasteiger partial charge is 0.240 e. The van der Waals surface area contributed by atoms with Crippen molar-refractivity contribution in [3.05, 3.63) is 53.6 Å². The summed E-state index contributed by atoms with van der Waals surface area (Å²) in [7, 11) is 0. The lowest BCUT2D eigenvalue weighted by atomic mass is 10.0. The molecule has 28 heavy (non-hydrogen) atoms. The number of benzene rings is 2. The SMILES string of the molecule is C/C(=N\NC(=O)CCC(=O)N1CCCc2ccccc21)c1ccc(O)cc1O. The molecule has 0 bridgehead atoms. The van der Waals surface area contributed by atoms with E-state index in [-0.39, 0.29) is 36.2 Å². The number of aromatic hydroxyl groups is 2. The van der Waals surface area contributed by atoms with Crippen LogP contribution in [0.1, 0.15) is 37.3 Å². The highest BCUT2D eigenvalue weighted by Gasteiger charge is 2.22. The number of hydrogen-bond acceptors (Lipinski definition) is 5. The van der Waals surface area contributed by atoms with Crippen molar-refractivity contribution in [1.82, 2.24) is 5.43 Å². The largest absolute Gasteiger partial charge is 0.508 e. The second-order valence-electron chi connectivity index (χ2n) is 6.71. The summed E-state index contributed by atoms with van der Waals surface area (Å²) >= 11 is 0. The number of phenolic OH excluding ortho intramolecular Hbond substituents is 2. The van der Waals surface area contributed by atoms with Gasteiger partial charge >= 0.3 is 0 Å². The Kier molecular flexibility index (Phi) is 5.93. The van der Waals surface area contributed by atoms with E-state index in [4.69, 9.17) is 0 Å². The summed E-state index contributed by atoms with van der Waals surface area (Å²) in [6, 6.07) is 12.0. The fourth-order valence-corrected chi connectivity index (χ4v) is 3.24. The van der Waals surface area contributed by atoms with Crippen molar-refractivity contribution in [3.63, 3.8) is 0 Å². The molecular formula is C21H23N3O4. The summed E-state index contributed by atoms with van der Waals surface area (Å²) in [5, 5.41) is 23.1. The Balaban J connectivity index is 1.55. The van der Waals surface area contributed by atoms with Crippen LogP contribution in [0.5, 0.6) is 11.5 Å².